The number of nitrogens with zero attached hydrogens (tertiary/aromatic N) is 1. The van der Waals surface area contributed by atoms with Gasteiger partial charge in [0.1, 0.15) is 23.0 Å². The fraction of sp³-hybridized carbons (Fsp3) is 0.0526. The third-order valence-electron chi connectivity index (χ3n) is 3.80. The van der Waals surface area contributed by atoms with Crippen LogP contribution in [0.3, 0.4) is 0 Å². The summed E-state index contributed by atoms with van der Waals surface area (Å²) in [6, 6.07) is 11.1. The van der Waals surface area contributed by atoms with E-state index >= 15 is 0 Å². The molecule has 2 aromatic carbocycles. The number of anilines is 1. The van der Waals surface area contributed by atoms with Gasteiger partial charge in [0.15, 0.2) is 0 Å². The molecule has 0 spiro atoms. The molecule has 0 aliphatic heterocycles. The standard InChI is InChI=1S/C19H12F3NO4S/c1-23(17(24)16-12(21)7-11(20)8-13(16)22)14-9-15(10-5-3-2-4-6-10)28-18(14)27-19(25)26/h2-9H,1H3,(H,25,26). The molecule has 0 unspecified atom stereocenters. The van der Waals surface area contributed by atoms with Crippen molar-refractivity contribution in [2.75, 3.05) is 11.9 Å². The van der Waals surface area contributed by atoms with Crippen LogP contribution in [0.2, 0.25) is 0 Å². The van der Waals surface area contributed by atoms with Gasteiger partial charge in [-0.3, -0.25) is 4.79 Å². The molecule has 0 radical (unpaired) electrons. The van der Waals surface area contributed by atoms with Crippen LogP contribution in [-0.2, 0) is 0 Å². The van der Waals surface area contributed by atoms with Crippen molar-refractivity contribution < 1.29 is 32.6 Å². The number of hydrogen-bond acceptors (Lipinski definition) is 4. The Morgan fingerprint density at radius 2 is 1.64 bits per heavy atom. The molecular formula is C19H12F3NO4S. The number of benzene rings is 2. The molecule has 0 aliphatic rings. The van der Waals surface area contributed by atoms with E-state index in [1.165, 1.54) is 13.1 Å². The lowest BCUT2D eigenvalue weighted by atomic mass is 10.1. The van der Waals surface area contributed by atoms with Crippen molar-refractivity contribution >= 4 is 29.1 Å². The summed E-state index contributed by atoms with van der Waals surface area (Å²) < 4.78 is 45.8. The lowest BCUT2D eigenvalue weighted by Gasteiger charge is -2.17. The molecule has 28 heavy (non-hydrogen) atoms. The molecule has 0 atom stereocenters. The second-order valence-corrected chi connectivity index (χ2v) is 6.64. The Bertz CT molecular complexity index is 1030. The van der Waals surface area contributed by atoms with Gasteiger partial charge in [-0.15, -0.1) is 0 Å². The highest BCUT2D eigenvalue weighted by Gasteiger charge is 2.27. The topological polar surface area (TPSA) is 66.8 Å². The number of halogens is 3. The fourth-order valence-corrected chi connectivity index (χ4v) is 3.56. The number of carboxylic acid groups (broad SMARTS) is 1. The van der Waals surface area contributed by atoms with E-state index in [2.05, 4.69) is 0 Å². The Kier molecular flexibility index (Phi) is 5.36. The smallest absolute Gasteiger partial charge is 0.449 e. The van der Waals surface area contributed by atoms with Gasteiger partial charge in [0, 0.05) is 24.1 Å². The summed E-state index contributed by atoms with van der Waals surface area (Å²) in [5, 5.41) is 8.80. The van der Waals surface area contributed by atoms with E-state index in [4.69, 9.17) is 9.84 Å². The zero-order valence-electron chi connectivity index (χ0n) is 14.3. The van der Waals surface area contributed by atoms with Crippen LogP contribution >= 0.6 is 11.3 Å². The van der Waals surface area contributed by atoms with Crippen molar-refractivity contribution in [3.63, 3.8) is 0 Å². The quantitative estimate of drug-likeness (QED) is 0.607. The molecule has 0 aliphatic carbocycles. The van der Waals surface area contributed by atoms with E-state index in [1.807, 2.05) is 0 Å². The van der Waals surface area contributed by atoms with Gasteiger partial charge in [-0.1, -0.05) is 41.7 Å². The van der Waals surface area contributed by atoms with Crippen molar-refractivity contribution in [2.45, 2.75) is 0 Å². The highest BCUT2D eigenvalue weighted by Crippen LogP contribution is 2.43. The Hall–Kier alpha value is -3.33. The number of rotatable bonds is 4. The first-order chi connectivity index (χ1) is 13.3. The molecule has 5 nitrogen and oxygen atoms in total. The minimum Gasteiger partial charge on any atom is -0.449 e. The minimum absolute atomic E-state index is 0.000576. The van der Waals surface area contributed by atoms with Crippen molar-refractivity contribution in [1.29, 1.82) is 0 Å². The second-order valence-electron chi connectivity index (χ2n) is 5.63. The van der Waals surface area contributed by atoms with Crippen molar-refractivity contribution in [3.8, 4) is 15.5 Å². The van der Waals surface area contributed by atoms with Crippen molar-refractivity contribution in [3.05, 3.63) is 71.5 Å². The zero-order chi connectivity index (χ0) is 20.4. The Balaban J connectivity index is 2.05. The Morgan fingerprint density at radius 3 is 2.21 bits per heavy atom. The predicted molar refractivity (Wildman–Crippen MR) is 97.5 cm³/mol. The first-order valence-corrected chi connectivity index (χ1v) is 8.62. The van der Waals surface area contributed by atoms with E-state index in [1.54, 1.807) is 30.3 Å². The van der Waals surface area contributed by atoms with Crippen LogP contribution in [0.15, 0.2) is 48.5 Å². The van der Waals surface area contributed by atoms with Crippen LogP contribution in [0, 0.1) is 17.5 Å². The van der Waals surface area contributed by atoms with Gasteiger partial charge in [-0.25, -0.2) is 18.0 Å². The molecule has 1 heterocycles. The van der Waals surface area contributed by atoms with Gasteiger partial charge < -0.3 is 14.7 Å². The monoisotopic (exact) mass is 407 g/mol. The van der Waals surface area contributed by atoms with Crippen LogP contribution < -0.4 is 9.64 Å². The first-order valence-electron chi connectivity index (χ1n) is 7.80. The number of thiophene rings is 1. The first kappa shape index (κ1) is 19.4. The van der Waals surface area contributed by atoms with E-state index in [9.17, 15) is 22.8 Å². The minimum atomic E-state index is -1.61. The molecule has 0 saturated heterocycles. The summed E-state index contributed by atoms with van der Waals surface area (Å²) in [6.07, 6.45) is -1.61. The van der Waals surface area contributed by atoms with Gasteiger partial charge >= 0.3 is 6.16 Å². The molecule has 1 N–H and O–H groups in total. The van der Waals surface area contributed by atoms with Gasteiger partial charge in [-0.2, -0.15) is 0 Å². The highest BCUT2D eigenvalue weighted by atomic mass is 32.1. The third kappa shape index (κ3) is 3.84. The predicted octanol–water partition coefficient (Wildman–Crippen LogP) is 5.17. The number of ether oxygens (including phenoxy) is 1. The molecule has 0 saturated carbocycles. The molecule has 0 bridgehead atoms. The maximum atomic E-state index is 14.0. The lowest BCUT2D eigenvalue weighted by Crippen LogP contribution is -2.28. The van der Waals surface area contributed by atoms with E-state index < -0.39 is 35.1 Å². The van der Waals surface area contributed by atoms with Crippen LogP contribution in [-0.4, -0.2) is 24.2 Å². The maximum absolute atomic E-state index is 14.0. The molecule has 3 rings (SSSR count). The van der Waals surface area contributed by atoms with E-state index in [-0.39, 0.29) is 10.8 Å². The second kappa shape index (κ2) is 7.73. The fourth-order valence-electron chi connectivity index (χ4n) is 2.52. The average molecular weight is 407 g/mol. The average Bonchev–Trinajstić information content (AvgIpc) is 3.04. The molecule has 3 aromatic rings. The normalized spacial score (nSPS) is 10.6. The SMILES string of the molecule is CN(C(=O)c1c(F)cc(F)cc1F)c1cc(-c2ccccc2)sc1OC(=O)O. The van der Waals surface area contributed by atoms with Gasteiger partial charge in [-0.05, 0) is 11.6 Å². The summed E-state index contributed by atoms with van der Waals surface area (Å²) in [5.41, 5.74) is -0.231. The number of carbonyl (C=O) groups is 2. The summed E-state index contributed by atoms with van der Waals surface area (Å²) in [6.45, 7) is 0. The van der Waals surface area contributed by atoms with Crippen molar-refractivity contribution in [1.82, 2.24) is 0 Å². The van der Waals surface area contributed by atoms with E-state index in [0.29, 0.717) is 17.0 Å². The summed E-state index contributed by atoms with van der Waals surface area (Å²) >= 11 is 0.948. The van der Waals surface area contributed by atoms with Crippen molar-refractivity contribution in [2.24, 2.45) is 0 Å². The number of hydrogen-bond donors (Lipinski definition) is 1. The number of carbonyl (C=O) groups excluding carboxylic acids is 1. The number of amides is 1. The summed E-state index contributed by atoms with van der Waals surface area (Å²) in [7, 11) is 1.20. The molecule has 1 aromatic heterocycles. The highest BCUT2D eigenvalue weighted by molar-refractivity contribution is 7.18. The van der Waals surface area contributed by atoms with Crippen LogP contribution in [0.1, 0.15) is 10.4 Å². The molecule has 144 valence electrons. The third-order valence-corrected chi connectivity index (χ3v) is 4.86. The molecule has 1 amide bonds. The summed E-state index contributed by atoms with van der Waals surface area (Å²) in [4.78, 5) is 25.0. The Labute approximate surface area is 161 Å². The van der Waals surface area contributed by atoms with Gasteiger partial charge in [0.05, 0.1) is 5.69 Å². The lowest BCUT2D eigenvalue weighted by molar-refractivity contribution is 0.0983. The van der Waals surface area contributed by atoms with E-state index in [0.717, 1.165) is 21.8 Å². The van der Waals surface area contributed by atoms with Gasteiger partial charge in [0.2, 0.25) is 5.06 Å². The summed E-state index contributed by atoms with van der Waals surface area (Å²) in [5.74, 6) is -5.02. The zero-order valence-corrected chi connectivity index (χ0v) is 15.1. The largest absolute Gasteiger partial charge is 0.512 e. The Morgan fingerprint density at radius 1 is 1.04 bits per heavy atom. The molecule has 9 heteroatoms. The molecular weight excluding hydrogens is 395 g/mol. The van der Waals surface area contributed by atoms with Gasteiger partial charge in [0.25, 0.3) is 5.91 Å². The molecule has 0 fully saturated rings. The maximum Gasteiger partial charge on any atom is 0.512 e. The van der Waals surface area contributed by atoms with Crippen LogP contribution in [0.5, 0.6) is 5.06 Å². The van der Waals surface area contributed by atoms with Crippen LogP contribution in [0.25, 0.3) is 10.4 Å². The van der Waals surface area contributed by atoms with Crippen LogP contribution in [0.4, 0.5) is 23.7 Å².